The van der Waals surface area contributed by atoms with E-state index in [1.807, 2.05) is 19.1 Å². The Morgan fingerprint density at radius 1 is 1.07 bits per heavy atom. The number of benzene rings is 1. The molecule has 2 aliphatic rings. The second-order valence-corrected chi connectivity index (χ2v) is 8.00. The molecule has 1 aromatic heterocycles. The zero-order chi connectivity index (χ0) is 20.4. The average Bonchev–Trinajstić information content (AvgIpc) is 3.60. The molecule has 29 heavy (non-hydrogen) atoms. The third kappa shape index (κ3) is 4.21. The number of carbonyl (C=O) groups excluding carboxylic acids is 1. The second-order valence-electron chi connectivity index (χ2n) is 8.00. The lowest BCUT2D eigenvalue weighted by molar-refractivity contribution is -0.139. The first-order valence-corrected chi connectivity index (χ1v) is 10.4. The molecule has 0 bridgehead atoms. The van der Waals surface area contributed by atoms with E-state index in [0.717, 1.165) is 67.4 Å². The summed E-state index contributed by atoms with van der Waals surface area (Å²) in [5.74, 6) is 2.49. The van der Waals surface area contributed by atoms with Gasteiger partial charge in [0.05, 0.1) is 26.3 Å². The van der Waals surface area contributed by atoms with E-state index < -0.39 is 0 Å². The van der Waals surface area contributed by atoms with Gasteiger partial charge in [-0.15, -0.1) is 0 Å². The molecule has 4 rings (SSSR count). The molecule has 0 amide bonds. The van der Waals surface area contributed by atoms with Crippen LogP contribution in [-0.4, -0.2) is 43.2 Å². The number of hydrogen-bond donors (Lipinski definition) is 0. The number of rotatable bonds is 6. The molecule has 1 saturated heterocycles. The maximum absolute atomic E-state index is 11.8. The monoisotopic (exact) mass is 395 g/mol. The van der Waals surface area contributed by atoms with Crippen LogP contribution < -0.4 is 9.64 Å². The number of carbonyl (C=O) groups is 1. The van der Waals surface area contributed by atoms with Crippen molar-refractivity contribution in [2.75, 3.05) is 32.2 Å². The van der Waals surface area contributed by atoms with Crippen LogP contribution in [0.3, 0.4) is 0 Å². The Kier molecular flexibility index (Phi) is 5.69. The highest BCUT2D eigenvalue weighted by Gasteiger charge is 2.32. The molecule has 2 aromatic rings. The van der Waals surface area contributed by atoms with Gasteiger partial charge in [-0.25, -0.2) is 9.97 Å². The van der Waals surface area contributed by atoms with Crippen molar-refractivity contribution in [3.8, 4) is 5.75 Å². The van der Waals surface area contributed by atoms with Gasteiger partial charge in [-0.2, -0.15) is 0 Å². The van der Waals surface area contributed by atoms with Crippen molar-refractivity contribution in [3.63, 3.8) is 0 Å². The molecule has 1 aliphatic heterocycles. The summed E-state index contributed by atoms with van der Waals surface area (Å²) in [7, 11) is 3.16. The molecule has 1 aromatic carbocycles. The molecule has 0 unspecified atom stereocenters. The van der Waals surface area contributed by atoms with Gasteiger partial charge in [0.25, 0.3) is 0 Å². The Bertz CT molecular complexity index is 887. The highest BCUT2D eigenvalue weighted by Crippen LogP contribution is 2.42. The summed E-state index contributed by atoms with van der Waals surface area (Å²) >= 11 is 0. The van der Waals surface area contributed by atoms with E-state index in [1.165, 1.54) is 12.7 Å². The van der Waals surface area contributed by atoms with E-state index in [2.05, 4.69) is 17.0 Å². The lowest BCUT2D eigenvalue weighted by Crippen LogP contribution is -2.34. The highest BCUT2D eigenvalue weighted by molar-refractivity contribution is 5.73. The lowest BCUT2D eigenvalue weighted by Gasteiger charge is -2.33. The second kappa shape index (κ2) is 8.39. The Morgan fingerprint density at radius 3 is 2.45 bits per heavy atom. The summed E-state index contributed by atoms with van der Waals surface area (Å²) in [6.45, 7) is 3.82. The summed E-state index contributed by atoms with van der Waals surface area (Å²) in [5, 5.41) is 0. The predicted molar refractivity (Wildman–Crippen MR) is 112 cm³/mol. The standard InChI is InChI=1S/C23H29N3O3/c1-15-19(14-21(27)29-3)22(17-8-9-17)25-23(24-15)26-12-10-16(11-13-26)18-6-4-5-7-20(18)28-2/h4-7,16-17H,8-14H2,1-3H3. The van der Waals surface area contributed by atoms with E-state index in [0.29, 0.717) is 11.8 Å². The third-order valence-corrected chi connectivity index (χ3v) is 6.10. The smallest absolute Gasteiger partial charge is 0.310 e. The van der Waals surface area contributed by atoms with Crippen molar-refractivity contribution >= 4 is 11.9 Å². The zero-order valence-corrected chi connectivity index (χ0v) is 17.5. The quantitative estimate of drug-likeness (QED) is 0.694. The molecule has 1 aliphatic carbocycles. The topological polar surface area (TPSA) is 64.5 Å². The van der Waals surface area contributed by atoms with Gasteiger partial charge in [0.2, 0.25) is 5.95 Å². The third-order valence-electron chi connectivity index (χ3n) is 6.10. The van der Waals surface area contributed by atoms with Crippen LogP contribution in [0, 0.1) is 6.92 Å². The molecule has 154 valence electrons. The fourth-order valence-electron chi connectivity index (χ4n) is 4.27. The Labute approximate surface area is 172 Å². The largest absolute Gasteiger partial charge is 0.496 e. The van der Waals surface area contributed by atoms with Crippen molar-refractivity contribution < 1.29 is 14.3 Å². The highest BCUT2D eigenvalue weighted by atomic mass is 16.5. The van der Waals surface area contributed by atoms with Crippen LogP contribution in [0.2, 0.25) is 0 Å². The van der Waals surface area contributed by atoms with Crippen molar-refractivity contribution in [2.45, 2.75) is 50.9 Å². The Hall–Kier alpha value is -2.63. The first kappa shape index (κ1) is 19.7. The van der Waals surface area contributed by atoms with Crippen molar-refractivity contribution in [1.82, 2.24) is 9.97 Å². The first-order chi connectivity index (χ1) is 14.1. The summed E-state index contributed by atoms with van der Waals surface area (Å²) in [4.78, 5) is 23.8. The van der Waals surface area contributed by atoms with Gasteiger partial charge in [0.1, 0.15) is 5.75 Å². The van der Waals surface area contributed by atoms with E-state index in [1.54, 1.807) is 7.11 Å². The maximum atomic E-state index is 11.8. The van der Waals surface area contributed by atoms with E-state index in [-0.39, 0.29) is 12.4 Å². The average molecular weight is 396 g/mol. The van der Waals surface area contributed by atoms with Crippen molar-refractivity contribution in [1.29, 1.82) is 0 Å². The maximum Gasteiger partial charge on any atom is 0.310 e. The SMILES string of the molecule is COC(=O)Cc1c(C)nc(N2CCC(c3ccccc3OC)CC2)nc1C1CC1. The number of hydrogen-bond acceptors (Lipinski definition) is 6. The van der Waals surface area contributed by atoms with Crippen LogP contribution in [0.4, 0.5) is 5.95 Å². The minimum absolute atomic E-state index is 0.232. The first-order valence-electron chi connectivity index (χ1n) is 10.4. The van der Waals surface area contributed by atoms with Gasteiger partial charge in [0, 0.05) is 30.3 Å². The van der Waals surface area contributed by atoms with Crippen LogP contribution in [0.1, 0.15) is 60.0 Å². The summed E-state index contributed by atoms with van der Waals surface area (Å²) < 4.78 is 10.4. The van der Waals surface area contributed by atoms with Crippen molar-refractivity contribution in [3.05, 3.63) is 46.8 Å². The normalized spacial score (nSPS) is 17.3. The molecule has 2 fully saturated rings. The molecular formula is C23H29N3O3. The van der Waals surface area contributed by atoms with Gasteiger partial charge in [-0.1, -0.05) is 18.2 Å². The molecule has 0 atom stereocenters. The zero-order valence-electron chi connectivity index (χ0n) is 17.5. The predicted octanol–water partition coefficient (Wildman–Crippen LogP) is 3.77. The number of anilines is 1. The van der Waals surface area contributed by atoms with Crippen molar-refractivity contribution in [2.24, 2.45) is 0 Å². The van der Waals surface area contributed by atoms with Gasteiger partial charge >= 0.3 is 5.97 Å². The number of methoxy groups -OCH3 is 2. The molecule has 2 heterocycles. The van der Waals surface area contributed by atoms with Gasteiger partial charge in [-0.3, -0.25) is 4.79 Å². The van der Waals surface area contributed by atoms with Crippen LogP contribution >= 0.6 is 0 Å². The van der Waals surface area contributed by atoms with Gasteiger partial charge < -0.3 is 14.4 Å². The fraction of sp³-hybridized carbons (Fsp3) is 0.522. The number of aryl methyl sites for hydroxylation is 1. The van der Waals surface area contributed by atoms with E-state index in [9.17, 15) is 4.79 Å². The number of nitrogens with zero attached hydrogens (tertiary/aromatic N) is 3. The van der Waals surface area contributed by atoms with E-state index in [4.69, 9.17) is 19.4 Å². The Balaban J connectivity index is 1.52. The number of aromatic nitrogens is 2. The molecule has 1 saturated carbocycles. The Morgan fingerprint density at radius 2 is 1.79 bits per heavy atom. The van der Waals surface area contributed by atoms with E-state index >= 15 is 0 Å². The number of esters is 1. The molecule has 0 spiro atoms. The molecule has 6 nitrogen and oxygen atoms in total. The molecule has 0 N–H and O–H groups in total. The molecular weight excluding hydrogens is 366 g/mol. The number of ether oxygens (including phenoxy) is 2. The van der Waals surface area contributed by atoms with Crippen LogP contribution in [-0.2, 0) is 16.0 Å². The van der Waals surface area contributed by atoms with Gasteiger partial charge in [-0.05, 0) is 50.2 Å². The van der Waals surface area contributed by atoms with Crippen LogP contribution in [0.25, 0.3) is 0 Å². The summed E-state index contributed by atoms with van der Waals surface area (Å²) in [6, 6.07) is 8.31. The molecule has 0 radical (unpaired) electrons. The lowest BCUT2D eigenvalue weighted by atomic mass is 9.89. The fourth-order valence-corrected chi connectivity index (χ4v) is 4.27. The minimum atomic E-state index is -0.232. The van der Waals surface area contributed by atoms with Crippen LogP contribution in [0.5, 0.6) is 5.75 Å². The number of para-hydroxylation sites is 1. The summed E-state index contributed by atoms with van der Waals surface area (Å²) in [6.07, 6.45) is 4.63. The minimum Gasteiger partial charge on any atom is -0.496 e. The van der Waals surface area contributed by atoms with Gasteiger partial charge in [0.15, 0.2) is 0 Å². The molecule has 6 heteroatoms. The number of piperidine rings is 1. The summed E-state index contributed by atoms with van der Waals surface area (Å²) in [5.41, 5.74) is 4.18. The van der Waals surface area contributed by atoms with Crippen LogP contribution in [0.15, 0.2) is 24.3 Å².